The summed E-state index contributed by atoms with van der Waals surface area (Å²) in [5.74, 6) is -1.46. The topological polar surface area (TPSA) is 136 Å². The SMILES string of the molecule is CCOC(=O)c1cc(-c2ccccc2)sc1NC(=O)C1CCCN1C(=O)c1cccc(S(N)(=O)=O)c1. The second kappa shape index (κ2) is 10.6. The quantitative estimate of drug-likeness (QED) is 0.452. The van der Waals surface area contributed by atoms with Crippen molar-refractivity contribution in [1.82, 2.24) is 4.90 Å². The van der Waals surface area contributed by atoms with Gasteiger partial charge in [-0.25, -0.2) is 18.4 Å². The van der Waals surface area contributed by atoms with E-state index in [0.717, 1.165) is 10.4 Å². The number of rotatable bonds is 7. The molecule has 36 heavy (non-hydrogen) atoms. The Kier molecular flexibility index (Phi) is 7.53. The number of amides is 2. The number of hydrogen-bond acceptors (Lipinski definition) is 7. The number of anilines is 1. The van der Waals surface area contributed by atoms with Gasteiger partial charge >= 0.3 is 5.97 Å². The van der Waals surface area contributed by atoms with Crippen LogP contribution in [-0.4, -0.2) is 50.3 Å². The lowest BCUT2D eigenvalue weighted by Gasteiger charge is -2.24. The summed E-state index contributed by atoms with van der Waals surface area (Å²) in [6.07, 6.45) is 1.03. The number of carbonyl (C=O) groups is 3. The van der Waals surface area contributed by atoms with Gasteiger partial charge in [-0.05, 0) is 49.6 Å². The van der Waals surface area contributed by atoms with Gasteiger partial charge in [-0.1, -0.05) is 36.4 Å². The minimum absolute atomic E-state index is 0.121. The molecule has 0 radical (unpaired) electrons. The first-order valence-corrected chi connectivity index (χ1v) is 13.7. The highest BCUT2D eigenvalue weighted by molar-refractivity contribution is 7.89. The second-order valence-corrected chi connectivity index (χ2v) is 10.8. The molecular formula is C25H25N3O6S2. The third-order valence-electron chi connectivity index (χ3n) is 5.75. The number of ether oxygens (including phenoxy) is 1. The number of primary sulfonamides is 1. The fourth-order valence-electron chi connectivity index (χ4n) is 4.04. The maximum atomic E-state index is 13.3. The molecule has 2 heterocycles. The Morgan fingerprint density at radius 1 is 1.11 bits per heavy atom. The normalized spacial score (nSPS) is 15.5. The lowest BCUT2D eigenvalue weighted by molar-refractivity contribution is -0.119. The van der Waals surface area contributed by atoms with E-state index in [2.05, 4.69) is 5.32 Å². The molecule has 1 aliphatic heterocycles. The van der Waals surface area contributed by atoms with E-state index >= 15 is 0 Å². The Morgan fingerprint density at radius 3 is 2.56 bits per heavy atom. The van der Waals surface area contributed by atoms with Gasteiger partial charge in [0.2, 0.25) is 15.9 Å². The summed E-state index contributed by atoms with van der Waals surface area (Å²) in [7, 11) is -3.98. The highest BCUT2D eigenvalue weighted by Crippen LogP contribution is 2.36. The molecule has 1 aromatic heterocycles. The molecule has 1 fully saturated rings. The van der Waals surface area contributed by atoms with Crippen LogP contribution in [-0.2, 0) is 19.6 Å². The number of nitrogens with one attached hydrogen (secondary N) is 1. The number of nitrogens with two attached hydrogens (primary N) is 1. The molecule has 11 heteroatoms. The summed E-state index contributed by atoms with van der Waals surface area (Å²) in [6, 6.07) is 15.8. The molecular weight excluding hydrogens is 502 g/mol. The van der Waals surface area contributed by atoms with Crippen molar-refractivity contribution >= 4 is 44.1 Å². The summed E-state index contributed by atoms with van der Waals surface area (Å²) in [6.45, 7) is 2.22. The molecule has 0 aliphatic carbocycles. The summed E-state index contributed by atoms with van der Waals surface area (Å²) in [5, 5.41) is 8.35. The monoisotopic (exact) mass is 527 g/mol. The van der Waals surface area contributed by atoms with Gasteiger partial charge < -0.3 is 15.0 Å². The van der Waals surface area contributed by atoms with Crippen LogP contribution < -0.4 is 10.5 Å². The Hall–Kier alpha value is -3.54. The number of esters is 1. The van der Waals surface area contributed by atoms with Crippen LogP contribution >= 0.6 is 11.3 Å². The van der Waals surface area contributed by atoms with Crippen molar-refractivity contribution in [3.05, 3.63) is 71.8 Å². The van der Waals surface area contributed by atoms with E-state index in [1.165, 1.54) is 40.5 Å². The van der Waals surface area contributed by atoms with E-state index in [9.17, 15) is 22.8 Å². The molecule has 0 spiro atoms. The predicted molar refractivity (Wildman–Crippen MR) is 136 cm³/mol. The molecule has 1 aliphatic rings. The van der Waals surface area contributed by atoms with E-state index in [1.54, 1.807) is 13.0 Å². The van der Waals surface area contributed by atoms with Gasteiger partial charge in [-0.3, -0.25) is 9.59 Å². The van der Waals surface area contributed by atoms with Crippen LogP contribution in [0.2, 0.25) is 0 Å². The number of thiophene rings is 1. The lowest BCUT2D eigenvalue weighted by atomic mass is 10.1. The number of likely N-dealkylation sites (tertiary alicyclic amines) is 1. The summed E-state index contributed by atoms with van der Waals surface area (Å²) in [5.41, 5.74) is 1.25. The molecule has 1 atom stereocenters. The zero-order valence-electron chi connectivity index (χ0n) is 19.5. The van der Waals surface area contributed by atoms with E-state index in [-0.39, 0.29) is 22.6 Å². The van der Waals surface area contributed by atoms with Crippen LogP contribution in [0.3, 0.4) is 0 Å². The molecule has 3 aromatic rings. The highest BCUT2D eigenvalue weighted by Gasteiger charge is 2.35. The average Bonchev–Trinajstić information content (AvgIpc) is 3.52. The van der Waals surface area contributed by atoms with E-state index in [4.69, 9.17) is 9.88 Å². The van der Waals surface area contributed by atoms with Gasteiger partial charge in [0.25, 0.3) is 5.91 Å². The standard InChI is InChI=1S/C25H25N3O6S2/c1-2-34-25(31)19-15-21(16-8-4-3-5-9-16)35-23(19)27-22(29)20-12-7-13-28(20)24(30)17-10-6-11-18(14-17)36(26,32)33/h3-6,8-11,14-15,20H,2,7,12-13H2,1H3,(H,27,29)(H2,26,32,33). The zero-order chi connectivity index (χ0) is 25.9. The van der Waals surface area contributed by atoms with Crippen molar-refractivity contribution in [1.29, 1.82) is 0 Å². The van der Waals surface area contributed by atoms with Crippen molar-refractivity contribution in [2.75, 3.05) is 18.5 Å². The van der Waals surface area contributed by atoms with Crippen molar-refractivity contribution in [3.63, 3.8) is 0 Å². The molecule has 4 rings (SSSR count). The summed E-state index contributed by atoms with van der Waals surface area (Å²) in [4.78, 5) is 41.1. The van der Waals surface area contributed by atoms with Crippen LogP contribution in [0, 0.1) is 0 Å². The third kappa shape index (κ3) is 5.48. The fourth-order valence-corrected chi connectivity index (χ4v) is 5.65. The molecule has 1 unspecified atom stereocenters. The highest BCUT2D eigenvalue weighted by atomic mass is 32.2. The van der Waals surface area contributed by atoms with E-state index in [0.29, 0.717) is 24.4 Å². The summed E-state index contributed by atoms with van der Waals surface area (Å²) < 4.78 is 28.6. The molecule has 9 nitrogen and oxygen atoms in total. The molecule has 3 N–H and O–H groups in total. The smallest absolute Gasteiger partial charge is 0.341 e. The summed E-state index contributed by atoms with van der Waals surface area (Å²) >= 11 is 1.25. The van der Waals surface area contributed by atoms with Crippen molar-refractivity contribution < 1.29 is 27.5 Å². The van der Waals surface area contributed by atoms with Gasteiger partial charge in [0.05, 0.1) is 17.1 Å². The average molecular weight is 528 g/mol. The maximum absolute atomic E-state index is 13.3. The van der Waals surface area contributed by atoms with Crippen molar-refractivity contribution in [3.8, 4) is 10.4 Å². The number of sulfonamides is 1. The van der Waals surface area contributed by atoms with Crippen LogP contribution in [0.25, 0.3) is 10.4 Å². The predicted octanol–water partition coefficient (Wildman–Crippen LogP) is 3.48. The van der Waals surface area contributed by atoms with Gasteiger partial charge in [0.1, 0.15) is 11.0 Å². The number of benzene rings is 2. The van der Waals surface area contributed by atoms with Crippen LogP contribution in [0.4, 0.5) is 5.00 Å². The van der Waals surface area contributed by atoms with Crippen LogP contribution in [0.5, 0.6) is 0 Å². The molecule has 0 saturated carbocycles. The van der Waals surface area contributed by atoms with Crippen molar-refractivity contribution in [2.24, 2.45) is 5.14 Å². The van der Waals surface area contributed by atoms with Crippen LogP contribution in [0.15, 0.2) is 65.6 Å². The Bertz CT molecular complexity index is 1400. The first-order valence-electron chi connectivity index (χ1n) is 11.3. The third-order valence-corrected chi connectivity index (χ3v) is 7.76. The molecule has 188 valence electrons. The zero-order valence-corrected chi connectivity index (χ0v) is 21.1. The Balaban J connectivity index is 1.59. The van der Waals surface area contributed by atoms with E-state index < -0.39 is 33.8 Å². The first-order chi connectivity index (χ1) is 17.2. The minimum atomic E-state index is -3.98. The maximum Gasteiger partial charge on any atom is 0.341 e. The molecule has 0 bridgehead atoms. The number of nitrogens with zero attached hydrogens (tertiary/aromatic N) is 1. The van der Waals surface area contributed by atoms with Gasteiger partial charge in [0.15, 0.2) is 0 Å². The van der Waals surface area contributed by atoms with Gasteiger partial charge in [-0.2, -0.15) is 0 Å². The van der Waals surface area contributed by atoms with Gasteiger partial charge in [0, 0.05) is 17.0 Å². The molecule has 2 aromatic carbocycles. The second-order valence-electron chi connectivity index (χ2n) is 8.16. The van der Waals surface area contributed by atoms with Crippen LogP contribution in [0.1, 0.15) is 40.5 Å². The Labute approximate surface area is 212 Å². The molecule has 2 amide bonds. The van der Waals surface area contributed by atoms with Crippen molar-refractivity contribution in [2.45, 2.75) is 30.7 Å². The van der Waals surface area contributed by atoms with Gasteiger partial charge in [-0.15, -0.1) is 11.3 Å². The van der Waals surface area contributed by atoms with E-state index in [1.807, 2.05) is 30.3 Å². The Morgan fingerprint density at radius 2 is 1.86 bits per heavy atom. The lowest BCUT2D eigenvalue weighted by Crippen LogP contribution is -2.43. The largest absolute Gasteiger partial charge is 0.462 e. The number of carbonyl (C=O) groups excluding carboxylic acids is 3. The fraction of sp³-hybridized carbons (Fsp3) is 0.240. The minimum Gasteiger partial charge on any atom is -0.462 e. The first kappa shape index (κ1) is 25.5. The molecule has 1 saturated heterocycles. The number of hydrogen-bond donors (Lipinski definition) is 2.